The van der Waals surface area contributed by atoms with Crippen LogP contribution >= 0.6 is 0 Å². The van der Waals surface area contributed by atoms with Crippen LogP contribution in [0.1, 0.15) is 91.9 Å². The first-order valence-corrected chi connectivity index (χ1v) is 11.7. The number of carbonyl (C=O) groups is 1. The molecule has 0 heterocycles. The lowest BCUT2D eigenvalue weighted by molar-refractivity contribution is -0.137. The molecule has 0 aliphatic heterocycles. The van der Waals surface area contributed by atoms with Gasteiger partial charge in [-0.2, -0.15) is 0 Å². The largest absolute Gasteiger partial charge is 0.494 e. The molecule has 0 amide bonds. The first kappa shape index (κ1) is 21.6. The highest BCUT2D eigenvalue weighted by Gasteiger charge is 2.39. The number of hydrogen-bond acceptors (Lipinski definition) is 3. The van der Waals surface area contributed by atoms with Crippen molar-refractivity contribution in [3.8, 4) is 0 Å². The van der Waals surface area contributed by atoms with E-state index in [1.807, 2.05) is 6.92 Å². The molecule has 22 heavy (non-hydrogen) atoms. The smallest absolute Gasteiger partial charge is 0.401 e. The van der Waals surface area contributed by atoms with Crippen molar-refractivity contribution < 1.29 is 13.6 Å². The molecule has 0 radical (unpaired) electrons. The van der Waals surface area contributed by atoms with Gasteiger partial charge in [0, 0.05) is 25.1 Å². The maximum absolute atomic E-state index is 12.2. The molecule has 0 saturated heterocycles. The van der Waals surface area contributed by atoms with E-state index in [9.17, 15) is 4.79 Å². The summed E-state index contributed by atoms with van der Waals surface area (Å²) in [7, 11) is -2.34. The second kappa shape index (κ2) is 14.3. The molecule has 0 aromatic rings. The van der Waals surface area contributed by atoms with Crippen LogP contribution in [-0.4, -0.2) is 21.1 Å². The van der Waals surface area contributed by atoms with Gasteiger partial charge in [-0.3, -0.25) is 4.79 Å². The lowest BCUT2D eigenvalue weighted by Gasteiger charge is -2.30. The topological polar surface area (TPSA) is 35.5 Å². The van der Waals surface area contributed by atoms with E-state index in [1.54, 1.807) is 0 Å². The van der Waals surface area contributed by atoms with Gasteiger partial charge >= 0.3 is 8.56 Å². The minimum atomic E-state index is -2.34. The fourth-order valence-corrected chi connectivity index (χ4v) is 6.15. The molecule has 0 atom stereocenters. The van der Waals surface area contributed by atoms with Gasteiger partial charge in [0.1, 0.15) is 0 Å². The maximum Gasteiger partial charge on any atom is 0.401 e. The number of unbranched alkanes of at least 4 members (excludes halogenated alkanes) is 6. The molecule has 0 aliphatic rings. The Hall–Kier alpha value is -0.353. The van der Waals surface area contributed by atoms with Crippen molar-refractivity contribution in [2.75, 3.05) is 6.61 Å². The standard InChI is InChI=1S/C18H38O3Si/c1-5-9-12-15-18(19)21-22(20-8-4,16-13-10-6-2)17-14-11-7-3/h5-17H2,1-4H3. The molecule has 0 spiro atoms. The zero-order valence-electron chi connectivity index (χ0n) is 15.4. The van der Waals surface area contributed by atoms with Gasteiger partial charge in [0.15, 0.2) is 0 Å². The number of rotatable bonds is 15. The molecule has 0 fully saturated rings. The van der Waals surface area contributed by atoms with Gasteiger partial charge < -0.3 is 8.85 Å². The van der Waals surface area contributed by atoms with Crippen molar-refractivity contribution in [2.24, 2.45) is 0 Å². The van der Waals surface area contributed by atoms with E-state index >= 15 is 0 Å². The van der Waals surface area contributed by atoms with E-state index in [-0.39, 0.29) is 5.97 Å². The molecule has 0 unspecified atom stereocenters. The summed E-state index contributed by atoms with van der Waals surface area (Å²) in [6.07, 6.45) is 10.7. The van der Waals surface area contributed by atoms with E-state index in [1.165, 1.54) is 25.7 Å². The molecule has 0 aliphatic carbocycles. The van der Waals surface area contributed by atoms with Crippen molar-refractivity contribution in [3.63, 3.8) is 0 Å². The molecule has 0 aromatic heterocycles. The fourth-order valence-electron chi connectivity index (χ4n) is 2.73. The van der Waals surface area contributed by atoms with Gasteiger partial charge in [-0.05, 0) is 13.3 Å². The number of hydrogen-bond donors (Lipinski definition) is 0. The fraction of sp³-hybridized carbons (Fsp3) is 0.944. The third kappa shape index (κ3) is 10.4. The molecule has 0 aromatic carbocycles. The van der Waals surface area contributed by atoms with Crippen LogP contribution in [0, 0.1) is 0 Å². The van der Waals surface area contributed by atoms with Gasteiger partial charge in [-0.25, -0.2) is 0 Å². The Balaban J connectivity index is 4.63. The average Bonchev–Trinajstić information content (AvgIpc) is 2.48. The van der Waals surface area contributed by atoms with Crippen LogP contribution in [-0.2, 0) is 13.6 Å². The highest BCUT2D eigenvalue weighted by Crippen LogP contribution is 2.26. The summed E-state index contributed by atoms with van der Waals surface area (Å²) in [4.78, 5) is 12.2. The van der Waals surface area contributed by atoms with E-state index in [0.717, 1.165) is 44.2 Å². The van der Waals surface area contributed by atoms with Crippen LogP contribution in [0.5, 0.6) is 0 Å². The maximum atomic E-state index is 12.2. The van der Waals surface area contributed by atoms with Gasteiger partial charge in [0.25, 0.3) is 5.97 Å². The SMILES string of the molecule is CCCCCC(=O)O[Si](CCCCC)(CCCCC)OCC. The van der Waals surface area contributed by atoms with Crippen molar-refractivity contribution >= 4 is 14.5 Å². The van der Waals surface area contributed by atoms with Crippen molar-refractivity contribution in [1.82, 2.24) is 0 Å². The first-order valence-electron chi connectivity index (χ1n) is 9.49. The van der Waals surface area contributed by atoms with Gasteiger partial charge in [0.2, 0.25) is 0 Å². The van der Waals surface area contributed by atoms with E-state index in [0.29, 0.717) is 13.0 Å². The average molecular weight is 331 g/mol. The molecular formula is C18H38O3Si. The van der Waals surface area contributed by atoms with E-state index < -0.39 is 8.56 Å². The molecule has 132 valence electrons. The van der Waals surface area contributed by atoms with Crippen molar-refractivity contribution in [2.45, 2.75) is 104 Å². The minimum absolute atomic E-state index is 0.0263. The molecular weight excluding hydrogens is 292 g/mol. The van der Waals surface area contributed by atoms with Crippen LogP contribution in [0.3, 0.4) is 0 Å². The molecule has 0 N–H and O–H groups in total. The van der Waals surface area contributed by atoms with Gasteiger partial charge in [-0.1, -0.05) is 72.1 Å². The minimum Gasteiger partial charge on any atom is -0.494 e. The second-order valence-electron chi connectivity index (χ2n) is 6.19. The highest BCUT2D eigenvalue weighted by molar-refractivity contribution is 6.69. The lowest BCUT2D eigenvalue weighted by Crippen LogP contribution is -2.44. The quantitative estimate of drug-likeness (QED) is 0.274. The Morgan fingerprint density at radius 1 is 0.773 bits per heavy atom. The Morgan fingerprint density at radius 3 is 1.73 bits per heavy atom. The molecule has 0 rings (SSSR count). The Bertz CT molecular complexity index is 259. The van der Waals surface area contributed by atoms with E-state index in [4.69, 9.17) is 8.85 Å². The summed E-state index contributed by atoms with van der Waals surface area (Å²) in [6, 6.07) is 1.94. The van der Waals surface area contributed by atoms with Crippen molar-refractivity contribution in [3.05, 3.63) is 0 Å². The third-order valence-electron chi connectivity index (χ3n) is 4.01. The Labute approximate surface area is 139 Å². The van der Waals surface area contributed by atoms with Crippen LogP contribution in [0.15, 0.2) is 0 Å². The van der Waals surface area contributed by atoms with Crippen LogP contribution in [0.2, 0.25) is 12.1 Å². The van der Waals surface area contributed by atoms with Gasteiger partial charge in [-0.15, -0.1) is 0 Å². The monoisotopic (exact) mass is 330 g/mol. The van der Waals surface area contributed by atoms with E-state index in [2.05, 4.69) is 20.8 Å². The summed E-state index contributed by atoms with van der Waals surface area (Å²) < 4.78 is 12.1. The van der Waals surface area contributed by atoms with Crippen LogP contribution < -0.4 is 0 Å². The summed E-state index contributed by atoms with van der Waals surface area (Å²) in [5.74, 6) is -0.0263. The zero-order valence-corrected chi connectivity index (χ0v) is 16.4. The molecule has 0 bridgehead atoms. The molecule has 3 nitrogen and oxygen atoms in total. The first-order chi connectivity index (χ1) is 10.6. The summed E-state index contributed by atoms with van der Waals surface area (Å²) in [5, 5.41) is 0. The van der Waals surface area contributed by atoms with Gasteiger partial charge in [0.05, 0.1) is 0 Å². The zero-order chi connectivity index (χ0) is 16.7. The Morgan fingerprint density at radius 2 is 1.27 bits per heavy atom. The molecule has 0 saturated carbocycles. The normalized spacial score (nSPS) is 11.6. The lowest BCUT2D eigenvalue weighted by atomic mass is 10.2. The summed E-state index contributed by atoms with van der Waals surface area (Å²) in [5.41, 5.74) is 0. The number of carbonyl (C=O) groups excluding carboxylic acids is 1. The predicted octanol–water partition coefficient (Wildman–Crippen LogP) is 5.97. The van der Waals surface area contributed by atoms with Crippen molar-refractivity contribution in [1.29, 1.82) is 0 Å². The second-order valence-corrected chi connectivity index (χ2v) is 9.50. The third-order valence-corrected chi connectivity index (χ3v) is 7.66. The van der Waals surface area contributed by atoms with Crippen LogP contribution in [0.4, 0.5) is 0 Å². The van der Waals surface area contributed by atoms with Crippen LogP contribution in [0.25, 0.3) is 0 Å². The predicted molar refractivity (Wildman–Crippen MR) is 96.3 cm³/mol. The highest BCUT2D eigenvalue weighted by atomic mass is 28.4. The molecule has 4 heteroatoms. The summed E-state index contributed by atoms with van der Waals surface area (Å²) in [6.45, 7) is 9.24. The Kier molecular flexibility index (Phi) is 14.0. The summed E-state index contributed by atoms with van der Waals surface area (Å²) >= 11 is 0.